The number of benzene rings is 2. The van der Waals surface area contributed by atoms with Crippen molar-refractivity contribution in [3.63, 3.8) is 0 Å². The van der Waals surface area contributed by atoms with Crippen LogP contribution in [-0.2, 0) is 11.3 Å². The number of hydrogen-bond acceptors (Lipinski definition) is 4. The standard InChI is InChI=1S/C22H20ClN3O2S2/c1-3-13(2)24-18(27)12-25-20-19(14-7-6-8-15(23)11-14)30-22(29)26(20)17-10-5-4-9-16(17)21(25)28/h4-11,13H,3,12H2,1-2H3,(H,24,27)/t13-/m1/s1. The third kappa shape index (κ3) is 3.69. The van der Waals surface area contributed by atoms with Crippen LogP contribution in [0, 0.1) is 3.95 Å². The molecule has 30 heavy (non-hydrogen) atoms. The topological polar surface area (TPSA) is 55.5 Å². The summed E-state index contributed by atoms with van der Waals surface area (Å²) in [5.41, 5.74) is 1.97. The predicted molar refractivity (Wildman–Crippen MR) is 126 cm³/mol. The van der Waals surface area contributed by atoms with E-state index in [1.807, 2.05) is 54.6 Å². The molecule has 0 aliphatic heterocycles. The summed E-state index contributed by atoms with van der Waals surface area (Å²) in [6, 6.07) is 14.8. The number of nitrogens with one attached hydrogen (secondary N) is 1. The van der Waals surface area contributed by atoms with Crippen LogP contribution in [0.2, 0.25) is 5.02 Å². The molecular formula is C22H20ClN3O2S2. The minimum atomic E-state index is -0.221. The van der Waals surface area contributed by atoms with Gasteiger partial charge >= 0.3 is 0 Å². The third-order valence-corrected chi connectivity index (χ3v) is 6.72. The fourth-order valence-corrected chi connectivity index (χ4v) is 5.06. The molecule has 0 saturated carbocycles. The van der Waals surface area contributed by atoms with Crippen LogP contribution in [0.15, 0.2) is 53.3 Å². The minimum absolute atomic E-state index is 0.0289. The van der Waals surface area contributed by atoms with Crippen LogP contribution in [0.4, 0.5) is 0 Å². The van der Waals surface area contributed by atoms with E-state index >= 15 is 0 Å². The van der Waals surface area contributed by atoms with Crippen molar-refractivity contribution < 1.29 is 4.79 Å². The van der Waals surface area contributed by atoms with Crippen molar-refractivity contribution in [2.75, 3.05) is 0 Å². The zero-order valence-corrected chi connectivity index (χ0v) is 18.9. The number of thiazole rings is 1. The molecule has 0 bridgehead atoms. The van der Waals surface area contributed by atoms with Crippen molar-refractivity contribution in [3.8, 4) is 10.4 Å². The van der Waals surface area contributed by atoms with E-state index in [0.29, 0.717) is 20.0 Å². The molecule has 2 heterocycles. The summed E-state index contributed by atoms with van der Waals surface area (Å²) in [6.07, 6.45) is 0.811. The maximum absolute atomic E-state index is 13.4. The van der Waals surface area contributed by atoms with Crippen LogP contribution >= 0.6 is 35.2 Å². The van der Waals surface area contributed by atoms with Gasteiger partial charge in [-0.05, 0) is 55.4 Å². The van der Waals surface area contributed by atoms with Crippen LogP contribution in [0.5, 0.6) is 0 Å². The molecule has 0 spiro atoms. The smallest absolute Gasteiger partial charge is 0.262 e. The van der Waals surface area contributed by atoms with Crippen LogP contribution in [0.1, 0.15) is 20.3 Å². The first-order valence-electron chi connectivity index (χ1n) is 9.63. The number of rotatable bonds is 5. The van der Waals surface area contributed by atoms with Gasteiger partial charge in [0.15, 0.2) is 3.95 Å². The Kier molecular flexibility index (Phi) is 5.77. The first-order valence-corrected chi connectivity index (χ1v) is 11.2. The highest BCUT2D eigenvalue weighted by atomic mass is 35.5. The monoisotopic (exact) mass is 457 g/mol. The predicted octanol–water partition coefficient (Wildman–Crippen LogP) is 5.28. The van der Waals surface area contributed by atoms with Gasteiger partial charge in [0, 0.05) is 11.1 Å². The summed E-state index contributed by atoms with van der Waals surface area (Å²) in [6.45, 7) is 3.85. The van der Waals surface area contributed by atoms with Gasteiger partial charge < -0.3 is 5.32 Å². The molecule has 4 rings (SSSR count). The van der Waals surface area contributed by atoms with Gasteiger partial charge in [-0.2, -0.15) is 0 Å². The Balaban J connectivity index is 2.05. The average Bonchev–Trinajstić information content (AvgIpc) is 3.08. The molecule has 0 radical (unpaired) electrons. The van der Waals surface area contributed by atoms with E-state index in [0.717, 1.165) is 22.4 Å². The Hall–Kier alpha value is -2.48. The van der Waals surface area contributed by atoms with Gasteiger partial charge in [0.25, 0.3) is 5.56 Å². The second-order valence-corrected chi connectivity index (χ2v) is 9.23. The highest BCUT2D eigenvalue weighted by Gasteiger charge is 2.20. The van der Waals surface area contributed by atoms with E-state index in [9.17, 15) is 9.59 Å². The molecule has 0 aliphatic rings. The summed E-state index contributed by atoms with van der Waals surface area (Å²) in [7, 11) is 0. The zero-order valence-electron chi connectivity index (χ0n) is 16.5. The van der Waals surface area contributed by atoms with Crippen molar-refractivity contribution in [1.82, 2.24) is 14.3 Å². The number of hydrogen-bond donors (Lipinski definition) is 1. The van der Waals surface area contributed by atoms with Gasteiger partial charge in [0.1, 0.15) is 12.2 Å². The van der Waals surface area contributed by atoms with Crippen LogP contribution in [-0.4, -0.2) is 20.9 Å². The van der Waals surface area contributed by atoms with Crippen molar-refractivity contribution in [2.45, 2.75) is 32.9 Å². The SMILES string of the molecule is CC[C@@H](C)NC(=O)Cn1c(=O)c2ccccc2n2c(=S)sc(-c3cccc(Cl)c3)c12. The van der Waals surface area contributed by atoms with Crippen LogP contribution in [0.3, 0.4) is 0 Å². The maximum atomic E-state index is 13.4. The maximum Gasteiger partial charge on any atom is 0.262 e. The Labute approximate surface area is 187 Å². The largest absolute Gasteiger partial charge is 0.352 e. The molecule has 2 aromatic carbocycles. The van der Waals surface area contributed by atoms with Crippen molar-refractivity contribution in [1.29, 1.82) is 0 Å². The van der Waals surface area contributed by atoms with Crippen molar-refractivity contribution in [2.24, 2.45) is 0 Å². The molecule has 0 fully saturated rings. The van der Waals surface area contributed by atoms with E-state index in [1.54, 1.807) is 12.1 Å². The van der Waals surface area contributed by atoms with Gasteiger partial charge in [0.05, 0.1) is 15.8 Å². The van der Waals surface area contributed by atoms with E-state index < -0.39 is 0 Å². The van der Waals surface area contributed by atoms with Gasteiger partial charge in [-0.15, -0.1) is 11.3 Å². The van der Waals surface area contributed by atoms with E-state index in [2.05, 4.69) is 5.32 Å². The molecule has 5 nitrogen and oxygen atoms in total. The number of fused-ring (bicyclic) bond motifs is 3. The van der Waals surface area contributed by atoms with Crippen LogP contribution < -0.4 is 10.9 Å². The molecular weight excluding hydrogens is 438 g/mol. The zero-order chi connectivity index (χ0) is 21.4. The average molecular weight is 458 g/mol. The Bertz CT molecular complexity index is 1390. The van der Waals surface area contributed by atoms with Crippen molar-refractivity contribution >= 4 is 57.6 Å². The third-order valence-electron chi connectivity index (χ3n) is 5.07. The molecule has 1 atom stereocenters. The Morgan fingerprint density at radius 3 is 2.73 bits per heavy atom. The molecule has 1 amide bonds. The first-order chi connectivity index (χ1) is 14.4. The summed E-state index contributed by atoms with van der Waals surface area (Å²) in [5.74, 6) is -0.210. The quantitative estimate of drug-likeness (QED) is 0.415. The molecule has 0 aliphatic carbocycles. The lowest BCUT2D eigenvalue weighted by atomic mass is 10.2. The van der Waals surface area contributed by atoms with Gasteiger partial charge in [-0.25, -0.2) is 0 Å². The second-order valence-electron chi connectivity index (χ2n) is 7.15. The number of aromatic nitrogens is 2. The number of halogens is 1. The normalized spacial score (nSPS) is 12.4. The number of amides is 1. The number of nitrogens with zero attached hydrogens (tertiary/aromatic N) is 2. The number of carbonyl (C=O) groups is 1. The van der Waals surface area contributed by atoms with Gasteiger partial charge in [-0.3, -0.25) is 18.6 Å². The van der Waals surface area contributed by atoms with E-state index in [-0.39, 0.29) is 24.1 Å². The first kappa shape index (κ1) is 20.8. The fourth-order valence-electron chi connectivity index (χ4n) is 3.44. The lowest BCUT2D eigenvalue weighted by Gasteiger charge is -2.15. The lowest BCUT2D eigenvalue weighted by molar-refractivity contribution is -0.122. The highest BCUT2D eigenvalue weighted by molar-refractivity contribution is 7.73. The van der Waals surface area contributed by atoms with E-state index in [4.69, 9.17) is 23.8 Å². The van der Waals surface area contributed by atoms with Gasteiger partial charge in [0.2, 0.25) is 5.91 Å². The molecule has 8 heteroatoms. The Morgan fingerprint density at radius 2 is 2.00 bits per heavy atom. The molecule has 4 aromatic rings. The molecule has 154 valence electrons. The summed E-state index contributed by atoms with van der Waals surface area (Å²) < 4.78 is 4.00. The molecule has 0 saturated heterocycles. The van der Waals surface area contributed by atoms with Gasteiger partial charge in [-0.1, -0.05) is 42.8 Å². The summed E-state index contributed by atoms with van der Waals surface area (Å²) in [5, 5.41) is 4.05. The van der Waals surface area contributed by atoms with Crippen molar-refractivity contribution in [3.05, 3.63) is 67.9 Å². The minimum Gasteiger partial charge on any atom is -0.352 e. The highest BCUT2D eigenvalue weighted by Crippen LogP contribution is 2.34. The molecule has 1 N–H and O–H groups in total. The lowest BCUT2D eigenvalue weighted by Crippen LogP contribution is -2.37. The second kappa shape index (κ2) is 8.34. The number of para-hydroxylation sites is 1. The molecule has 2 aromatic heterocycles. The molecule has 0 unspecified atom stereocenters. The van der Waals surface area contributed by atoms with Crippen LogP contribution in [0.25, 0.3) is 27.0 Å². The fraction of sp³-hybridized carbons (Fsp3) is 0.227. The Morgan fingerprint density at radius 1 is 1.23 bits per heavy atom. The number of carbonyl (C=O) groups excluding carboxylic acids is 1. The summed E-state index contributed by atoms with van der Waals surface area (Å²) >= 11 is 13.3. The summed E-state index contributed by atoms with van der Waals surface area (Å²) in [4.78, 5) is 26.9. The van der Waals surface area contributed by atoms with E-state index in [1.165, 1.54) is 15.9 Å².